The Morgan fingerprint density at radius 1 is 1.19 bits per heavy atom. The fourth-order valence-electron chi connectivity index (χ4n) is 1.97. The molecule has 0 aliphatic rings. The van der Waals surface area contributed by atoms with Crippen molar-refractivity contribution in [2.24, 2.45) is 11.7 Å². The van der Waals surface area contributed by atoms with Crippen molar-refractivity contribution >= 4 is 39.7 Å². The molecule has 0 bridgehead atoms. The summed E-state index contributed by atoms with van der Waals surface area (Å²) < 4.78 is 23.8. The molecule has 9 heteroatoms. The number of hydrogen-bond donors (Lipinski definition) is 3. The van der Waals surface area contributed by atoms with E-state index in [1.165, 1.54) is 0 Å². The molecule has 0 fully saturated rings. The maximum Gasteiger partial charge on any atom is 0.243 e. The number of amides is 2. The van der Waals surface area contributed by atoms with E-state index in [0.717, 1.165) is 0 Å². The van der Waals surface area contributed by atoms with Gasteiger partial charge in [-0.05, 0) is 44.4 Å². The van der Waals surface area contributed by atoms with Crippen LogP contribution in [0.15, 0.2) is 24.3 Å². The van der Waals surface area contributed by atoms with Crippen LogP contribution in [0, 0.1) is 5.92 Å². The molecular weight excluding hydrogens is 390 g/mol. The lowest BCUT2D eigenvalue weighted by atomic mass is 10.1. The lowest BCUT2D eigenvalue weighted by Gasteiger charge is -2.19. The van der Waals surface area contributed by atoms with Crippen molar-refractivity contribution in [3.8, 4) is 0 Å². The van der Waals surface area contributed by atoms with Crippen LogP contribution >= 0.6 is 12.4 Å². The van der Waals surface area contributed by atoms with Gasteiger partial charge in [0.15, 0.2) is 9.84 Å². The number of halogens is 1. The molecule has 0 aliphatic carbocycles. The minimum absolute atomic E-state index is 0. The number of rotatable bonds is 7. The van der Waals surface area contributed by atoms with E-state index >= 15 is 0 Å². The van der Waals surface area contributed by atoms with E-state index in [1.54, 1.807) is 45.0 Å². The predicted octanol–water partition coefficient (Wildman–Crippen LogP) is 1.86. The number of carbonyl (C=O) groups excluding carboxylic acids is 2. The first kappa shape index (κ1) is 25.4. The molecule has 0 saturated heterocycles. The molecule has 2 amide bonds. The van der Waals surface area contributed by atoms with Gasteiger partial charge in [0.25, 0.3) is 0 Å². The highest BCUT2D eigenvalue weighted by molar-refractivity contribution is 7.91. The Labute approximate surface area is 167 Å². The van der Waals surface area contributed by atoms with Crippen molar-refractivity contribution in [1.29, 1.82) is 0 Å². The number of hydrogen-bond acceptors (Lipinski definition) is 5. The quantitative estimate of drug-likeness (QED) is 0.623. The van der Waals surface area contributed by atoms with Gasteiger partial charge in [0.1, 0.15) is 0 Å². The van der Waals surface area contributed by atoms with Crippen LogP contribution in [0.1, 0.15) is 40.2 Å². The molecule has 0 heterocycles. The number of carbonyl (C=O) groups is 2. The van der Waals surface area contributed by atoms with E-state index in [2.05, 4.69) is 10.6 Å². The SMILES string of the molecule is CC(C)[C@H](N)C(=O)NCC(=O)Nc1cccc(CS(=O)(=O)C(C)(C)C)c1.Cl. The van der Waals surface area contributed by atoms with Crippen molar-refractivity contribution in [3.63, 3.8) is 0 Å². The third-order valence-electron chi connectivity index (χ3n) is 3.94. The Balaban J connectivity index is 0.00000676. The number of nitrogens with two attached hydrogens (primary N) is 1. The van der Waals surface area contributed by atoms with Crippen LogP contribution in [0.2, 0.25) is 0 Å². The molecule has 27 heavy (non-hydrogen) atoms. The summed E-state index contributed by atoms with van der Waals surface area (Å²) in [7, 11) is -3.32. The van der Waals surface area contributed by atoms with E-state index in [-0.39, 0.29) is 36.5 Å². The molecule has 0 unspecified atom stereocenters. The van der Waals surface area contributed by atoms with E-state index in [9.17, 15) is 18.0 Å². The fourth-order valence-corrected chi connectivity index (χ4v) is 3.02. The Morgan fingerprint density at radius 2 is 1.78 bits per heavy atom. The zero-order valence-corrected chi connectivity index (χ0v) is 18.0. The first-order valence-electron chi connectivity index (χ1n) is 8.48. The molecule has 0 spiro atoms. The summed E-state index contributed by atoms with van der Waals surface area (Å²) in [5, 5.41) is 5.13. The van der Waals surface area contributed by atoms with Gasteiger partial charge in [-0.15, -0.1) is 12.4 Å². The summed E-state index contributed by atoms with van der Waals surface area (Å²) in [6.07, 6.45) is 0. The second-order valence-corrected chi connectivity index (χ2v) is 10.4. The van der Waals surface area contributed by atoms with Crippen LogP contribution in [-0.2, 0) is 25.2 Å². The van der Waals surface area contributed by atoms with Gasteiger partial charge in [-0.25, -0.2) is 8.42 Å². The average Bonchev–Trinajstić information content (AvgIpc) is 2.50. The average molecular weight is 420 g/mol. The highest BCUT2D eigenvalue weighted by Gasteiger charge is 2.29. The smallest absolute Gasteiger partial charge is 0.243 e. The van der Waals surface area contributed by atoms with Gasteiger partial charge in [-0.1, -0.05) is 26.0 Å². The first-order valence-corrected chi connectivity index (χ1v) is 10.1. The van der Waals surface area contributed by atoms with Crippen molar-refractivity contribution in [1.82, 2.24) is 5.32 Å². The molecule has 0 radical (unpaired) electrons. The summed E-state index contributed by atoms with van der Waals surface area (Å²) in [6.45, 7) is 8.39. The molecule has 0 aliphatic heterocycles. The normalized spacial score (nSPS) is 12.9. The molecule has 1 aromatic rings. The third-order valence-corrected chi connectivity index (χ3v) is 6.52. The Morgan fingerprint density at radius 3 is 2.30 bits per heavy atom. The molecule has 1 aromatic carbocycles. The largest absolute Gasteiger partial charge is 0.346 e. The minimum Gasteiger partial charge on any atom is -0.346 e. The van der Waals surface area contributed by atoms with Gasteiger partial charge in [0.05, 0.1) is 23.1 Å². The summed E-state index contributed by atoms with van der Waals surface area (Å²) >= 11 is 0. The Hall–Kier alpha value is -1.64. The number of nitrogens with one attached hydrogen (secondary N) is 2. The van der Waals surface area contributed by atoms with Crippen molar-refractivity contribution < 1.29 is 18.0 Å². The summed E-state index contributed by atoms with van der Waals surface area (Å²) in [5.41, 5.74) is 6.77. The molecule has 154 valence electrons. The van der Waals surface area contributed by atoms with Crippen LogP contribution < -0.4 is 16.4 Å². The zero-order chi connectivity index (χ0) is 20.1. The summed E-state index contributed by atoms with van der Waals surface area (Å²) in [6, 6.07) is 5.97. The second kappa shape index (κ2) is 10.1. The molecule has 7 nitrogen and oxygen atoms in total. The van der Waals surface area contributed by atoms with E-state index in [4.69, 9.17) is 5.73 Å². The standard InChI is InChI=1S/C18H29N3O4S.ClH/c1-12(2)16(19)17(23)20-10-15(22)21-14-8-6-7-13(9-14)11-26(24,25)18(3,4)5;/h6-9,12,16H,10-11,19H2,1-5H3,(H,20,23)(H,21,22);1H/t16-;/m0./s1. The zero-order valence-electron chi connectivity index (χ0n) is 16.4. The van der Waals surface area contributed by atoms with Crippen LogP contribution in [0.3, 0.4) is 0 Å². The van der Waals surface area contributed by atoms with Crippen molar-refractivity contribution in [2.75, 3.05) is 11.9 Å². The second-order valence-electron chi connectivity index (χ2n) is 7.61. The van der Waals surface area contributed by atoms with E-state index in [1.807, 2.05) is 13.8 Å². The predicted molar refractivity (Wildman–Crippen MR) is 111 cm³/mol. The fraction of sp³-hybridized carbons (Fsp3) is 0.556. The number of anilines is 1. The maximum absolute atomic E-state index is 12.3. The topological polar surface area (TPSA) is 118 Å². The summed E-state index contributed by atoms with van der Waals surface area (Å²) in [4.78, 5) is 23.7. The molecule has 1 rings (SSSR count). The van der Waals surface area contributed by atoms with Gasteiger partial charge in [-0.2, -0.15) is 0 Å². The van der Waals surface area contributed by atoms with E-state index in [0.29, 0.717) is 11.3 Å². The van der Waals surface area contributed by atoms with Crippen LogP contribution in [-0.4, -0.2) is 37.6 Å². The Kier molecular flexibility index (Phi) is 9.44. The van der Waals surface area contributed by atoms with Crippen molar-refractivity contribution in [2.45, 2.75) is 51.2 Å². The minimum atomic E-state index is -3.32. The Bertz CT molecular complexity index is 758. The van der Waals surface area contributed by atoms with Crippen LogP contribution in [0.5, 0.6) is 0 Å². The molecule has 1 atom stereocenters. The van der Waals surface area contributed by atoms with Gasteiger partial charge in [0, 0.05) is 5.69 Å². The lowest BCUT2D eigenvalue weighted by molar-refractivity contribution is -0.125. The van der Waals surface area contributed by atoms with Gasteiger partial charge in [-0.3, -0.25) is 9.59 Å². The van der Waals surface area contributed by atoms with Gasteiger partial charge in [0.2, 0.25) is 11.8 Å². The highest BCUT2D eigenvalue weighted by Crippen LogP contribution is 2.22. The molecular formula is C18H30ClN3O4S. The number of sulfone groups is 1. The number of benzene rings is 1. The van der Waals surface area contributed by atoms with Crippen molar-refractivity contribution in [3.05, 3.63) is 29.8 Å². The van der Waals surface area contributed by atoms with Crippen LogP contribution in [0.4, 0.5) is 5.69 Å². The monoisotopic (exact) mass is 419 g/mol. The van der Waals surface area contributed by atoms with Gasteiger partial charge < -0.3 is 16.4 Å². The molecule has 0 saturated carbocycles. The highest BCUT2D eigenvalue weighted by atomic mass is 35.5. The lowest BCUT2D eigenvalue weighted by Crippen LogP contribution is -2.46. The van der Waals surface area contributed by atoms with E-state index < -0.39 is 26.5 Å². The summed E-state index contributed by atoms with van der Waals surface area (Å²) in [5.74, 6) is -0.940. The molecule has 0 aromatic heterocycles. The van der Waals surface area contributed by atoms with Crippen LogP contribution in [0.25, 0.3) is 0 Å². The van der Waals surface area contributed by atoms with Gasteiger partial charge >= 0.3 is 0 Å². The first-order chi connectivity index (χ1) is 11.8. The third kappa shape index (κ3) is 7.86. The maximum atomic E-state index is 12.3. The molecule has 4 N–H and O–H groups in total.